The number of hydrogen-bond donors (Lipinski definition) is 2. The topological polar surface area (TPSA) is 69.5 Å². The summed E-state index contributed by atoms with van der Waals surface area (Å²) in [6.07, 6.45) is 2.17. The van der Waals surface area contributed by atoms with Gasteiger partial charge in [-0.1, -0.05) is 36.4 Å². The third kappa shape index (κ3) is 3.30. The highest BCUT2D eigenvalue weighted by molar-refractivity contribution is 5.85. The SMILES string of the molecule is Cc1cccc2cc(CO)c(N3C[C@@H](Cc4ccnc5ccccc45)[C@@H](O)C3)nc12. The normalized spacial score (nSPS) is 19.1. The van der Waals surface area contributed by atoms with Gasteiger partial charge in [0, 0.05) is 41.5 Å². The van der Waals surface area contributed by atoms with Gasteiger partial charge in [-0.2, -0.15) is 0 Å². The van der Waals surface area contributed by atoms with Crippen LogP contribution in [0.1, 0.15) is 16.7 Å². The van der Waals surface area contributed by atoms with Crippen molar-refractivity contribution in [2.75, 3.05) is 18.0 Å². The van der Waals surface area contributed by atoms with Crippen LogP contribution in [0.4, 0.5) is 5.82 Å². The Hall–Kier alpha value is -3.02. The number of β-amino-alcohol motifs (C(OH)–C–C–N with tert-alkyl or cyclic N) is 1. The molecule has 1 saturated heterocycles. The molecule has 0 spiro atoms. The fourth-order valence-corrected chi connectivity index (χ4v) is 4.61. The van der Waals surface area contributed by atoms with Crippen LogP contribution in [0.15, 0.2) is 60.8 Å². The second-order valence-electron chi connectivity index (χ2n) is 8.20. The van der Waals surface area contributed by atoms with Gasteiger partial charge >= 0.3 is 0 Å². The summed E-state index contributed by atoms with van der Waals surface area (Å²) in [5.41, 5.74) is 5.04. The van der Waals surface area contributed by atoms with E-state index in [4.69, 9.17) is 4.98 Å². The summed E-state index contributed by atoms with van der Waals surface area (Å²) in [7, 11) is 0. The number of benzene rings is 2. The molecule has 30 heavy (non-hydrogen) atoms. The zero-order valence-corrected chi connectivity index (χ0v) is 17.0. The van der Waals surface area contributed by atoms with E-state index < -0.39 is 6.10 Å². The minimum Gasteiger partial charge on any atom is -0.392 e. The van der Waals surface area contributed by atoms with Gasteiger partial charge in [0.05, 0.1) is 23.7 Å². The van der Waals surface area contributed by atoms with E-state index in [0.717, 1.165) is 45.2 Å². The van der Waals surface area contributed by atoms with Crippen LogP contribution >= 0.6 is 0 Å². The number of nitrogens with zero attached hydrogens (tertiary/aromatic N) is 3. The summed E-state index contributed by atoms with van der Waals surface area (Å²) < 4.78 is 0. The molecule has 5 nitrogen and oxygen atoms in total. The van der Waals surface area contributed by atoms with Gasteiger partial charge in [-0.15, -0.1) is 0 Å². The first-order valence-corrected chi connectivity index (χ1v) is 10.4. The van der Waals surface area contributed by atoms with Crippen molar-refractivity contribution in [1.82, 2.24) is 9.97 Å². The van der Waals surface area contributed by atoms with E-state index >= 15 is 0 Å². The molecule has 1 aliphatic heterocycles. The molecule has 1 fully saturated rings. The fraction of sp³-hybridized carbons (Fsp3) is 0.280. The molecule has 0 aliphatic carbocycles. The van der Waals surface area contributed by atoms with Crippen LogP contribution in [0.2, 0.25) is 0 Å². The predicted octanol–water partition coefficient (Wildman–Crippen LogP) is 3.62. The van der Waals surface area contributed by atoms with Gasteiger partial charge in [-0.3, -0.25) is 4.98 Å². The summed E-state index contributed by atoms with van der Waals surface area (Å²) in [4.78, 5) is 11.5. The van der Waals surface area contributed by atoms with Crippen LogP contribution in [-0.4, -0.2) is 39.4 Å². The van der Waals surface area contributed by atoms with E-state index in [1.807, 2.05) is 55.6 Å². The van der Waals surface area contributed by atoms with E-state index in [9.17, 15) is 10.2 Å². The van der Waals surface area contributed by atoms with E-state index in [1.54, 1.807) is 0 Å². The molecule has 0 bridgehead atoms. The van der Waals surface area contributed by atoms with Gasteiger partial charge in [0.2, 0.25) is 0 Å². The molecule has 4 aromatic rings. The lowest BCUT2D eigenvalue weighted by atomic mass is 9.94. The van der Waals surface area contributed by atoms with Gasteiger partial charge in [-0.25, -0.2) is 4.98 Å². The van der Waals surface area contributed by atoms with Crippen LogP contribution < -0.4 is 4.90 Å². The first kappa shape index (κ1) is 19.0. The maximum Gasteiger partial charge on any atom is 0.134 e. The van der Waals surface area contributed by atoms with Crippen LogP contribution in [-0.2, 0) is 13.0 Å². The largest absolute Gasteiger partial charge is 0.392 e. The predicted molar refractivity (Wildman–Crippen MR) is 120 cm³/mol. The number of aromatic nitrogens is 2. The minimum absolute atomic E-state index is 0.0710. The summed E-state index contributed by atoms with van der Waals surface area (Å²) >= 11 is 0. The molecule has 3 heterocycles. The number of aryl methyl sites for hydroxylation is 1. The summed E-state index contributed by atoms with van der Waals surface area (Å²) in [5.74, 6) is 0.872. The minimum atomic E-state index is -0.446. The summed E-state index contributed by atoms with van der Waals surface area (Å²) in [6.45, 7) is 3.20. The number of anilines is 1. The molecule has 2 aromatic carbocycles. The van der Waals surface area contributed by atoms with E-state index in [0.29, 0.717) is 13.1 Å². The van der Waals surface area contributed by atoms with Crippen molar-refractivity contribution in [2.24, 2.45) is 5.92 Å². The lowest BCUT2D eigenvalue weighted by Crippen LogP contribution is -2.23. The van der Waals surface area contributed by atoms with Crippen LogP contribution in [0.5, 0.6) is 0 Å². The van der Waals surface area contributed by atoms with E-state index in [2.05, 4.69) is 22.0 Å². The molecule has 5 rings (SSSR count). The third-order valence-corrected chi connectivity index (χ3v) is 6.20. The van der Waals surface area contributed by atoms with E-state index in [-0.39, 0.29) is 12.5 Å². The van der Waals surface area contributed by atoms with Gasteiger partial charge < -0.3 is 15.1 Å². The van der Waals surface area contributed by atoms with Gasteiger partial charge in [0.1, 0.15) is 5.82 Å². The molecule has 152 valence electrons. The monoisotopic (exact) mass is 399 g/mol. The van der Waals surface area contributed by atoms with Crippen molar-refractivity contribution in [3.63, 3.8) is 0 Å². The number of hydrogen-bond acceptors (Lipinski definition) is 5. The Labute approximate surface area is 175 Å². The Bertz CT molecular complexity index is 1220. The van der Waals surface area contributed by atoms with Gasteiger partial charge in [0.25, 0.3) is 0 Å². The quantitative estimate of drug-likeness (QED) is 0.549. The molecule has 5 heteroatoms. The lowest BCUT2D eigenvalue weighted by Gasteiger charge is -2.21. The van der Waals surface area contributed by atoms with E-state index in [1.165, 1.54) is 5.56 Å². The van der Waals surface area contributed by atoms with Crippen molar-refractivity contribution in [1.29, 1.82) is 0 Å². The highest BCUT2D eigenvalue weighted by Crippen LogP contribution is 2.32. The molecule has 2 N–H and O–H groups in total. The van der Waals surface area contributed by atoms with Gasteiger partial charge in [0.15, 0.2) is 0 Å². The Kier molecular flexibility index (Phi) is 4.85. The zero-order valence-electron chi connectivity index (χ0n) is 17.0. The highest BCUT2D eigenvalue weighted by atomic mass is 16.3. The molecule has 0 amide bonds. The lowest BCUT2D eigenvalue weighted by molar-refractivity contribution is 0.148. The maximum absolute atomic E-state index is 10.8. The Morgan fingerprint density at radius 1 is 1.03 bits per heavy atom. The molecular formula is C25H25N3O2. The first-order chi connectivity index (χ1) is 14.6. The highest BCUT2D eigenvalue weighted by Gasteiger charge is 2.33. The maximum atomic E-state index is 10.8. The van der Waals surface area contributed by atoms with Crippen LogP contribution in [0.3, 0.4) is 0 Å². The Morgan fingerprint density at radius 3 is 2.77 bits per heavy atom. The van der Waals surface area contributed by atoms with Crippen LogP contribution in [0.25, 0.3) is 21.8 Å². The number of para-hydroxylation sites is 2. The number of pyridine rings is 2. The second-order valence-corrected chi connectivity index (χ2v) is 8.20. The van der Waals surface area contributed by atoms with Crippen molar-refractivity contribution in [3.8, 4) is 0 Å². The Balaban J connectivity index is 1.46. The molecule has 2 atom stereocenters. The average molecular weight is 399 g/mol. The van der Waals surface area contributed by atoms with Crippen molar-refractivity contribution < 1.29 is 10.2 Å². The second kappa shape index (κ2) is 7.67. The number of fused-ring (bicyclic) bond motifs is 2. The zero-order chi connectivity index (χ0) is 20.7. The standard InChI is InChI=1S/C25H25N3O2/c1-16-5-4-6-18-12-20(15-29)25(27-24(16)18)28-13-19(23(30)14-28)11-17-9-10-26-22-8-3-2-7-21(17)22/h2-10,12,19,23,29-30H,11,13-15H2,1H3/t19-,23+/m1/s1. The number of rotatable bonds is 4. The molecule has 0 radical (unpaired) electrons. The summed E-state index contributed by atoms with van der Waals surface area (Å²) in [5, 5.41) is 23.0. The van der Waals surface area contributed by atoms with Crippen molar-refractivity contribution in [2.45, 2.75) is 26.1 Å². The van der Waals surface area contributed by atoms with Gasteiger partial charge in [-0.05, 0) is 42.7 Å². The van der Waals surface area contributed by atoms with Crippen molar-refractivity contribution in [3.05, 3.63) is 77.5 Å². The first-order valence-electron chi connectivity index (χ1n) is 10.4. The van der Waals surface area contributed by atoms with Crippen LogP contribution in [0, 0.1) is 12.8 Å². The fourth-order valence-electron chi connectivity index (χ4n) is 4.61. The molecular weight excluding hydrogens is 374 g/mol. The summed E-state index contributed by atoms with van der Waals surface area (Å²) in [6, 6.07) is 18.3. The molecule has 2 aromatic heterocycles. The smallest absolute Gasteiger partial charge is 0.134 e. The molecule has 1 aliphatic rings. The average Bonchev–Trinajstić information content (AvgIpc) is 3.13. The molecule has 0 unspecified atom stereocenters. The number of aliphatic hydroxyl groups excluding tert-OH is 2. The molecule has 0 saturated carbocycles. The third-order valence-electron chi connectivity index (χ3n) is 6.20. The van der Waals surface area contributed by atoms with Crippen molar-refractivity contribution >= 4 is 27.6 Å². The number of aliphatic hydroxyl groups is 2. The Morgan fingerprint density at radius 2 is 1.90 bits per heavy atom.